The first-order chi connectivity index (χ1) is 10.6. The van der Waals surface area contributed by atoms with Crippen LogP contribution in [0.25, 0.3) is 11.3 Å². The Labute approximate surface area is 125 Å². The van der Waals surface area contributed by atoms with Crippen molar-refractivity contribution >= 4 is 11.7 Å². The van der Waals surface area contributed by atoms with Gasteiger partial charge in [0.05, 0.1) is 5.69 Å². The predicted molar refractivity (Wildman–Crippen MR) is 77.3 cm³/mol. The molecule has 3 rings (SSSR count). The van der Waals surface area contributed by atoms with Gasteiger partial charge in [0.1, 0.15) is 25.3 Å². The van der Waals surface area contributed by atoms with Gasteiger partial charge in [-0.2, -0.15) is 5.10 Å². The number of aromatic amines is 1. The standard InChI is InChI=1S/C15H14FN3O3/c1-9-2-3-11(16)10(6-9)12-7-14(19-18-12)17-15(20)13-8-21-4-5-22-13/h2-3,6-8H,4-5H2,1H3,(H2,17,18,19,20). The highest BCUT2D eigenvalue weighted by molar-refractivity contribution is 6.01. The summed E-state index contributed by atoms with van der Waals surface area (Å²) in [6, 6.07) is 6.33. The third-order valence-electron chi connectivity index (χ3n) is 3.10. The first kappa shape index (κ1) is 14.1. The number of amides is 1. The summed E-state index contributed by atoms with van der Waals surface area (Å²) in [6.07, 6.45) is 1.26. The molecule has 2 aromatic rings. The maximum absolute atomic E-state index is 13.8. The molecule has 0 unspecified atom stereocenters. The number of hydrogen-bond donors (Lipinski definition) is 2. The lowest BCUT2D eigenvalue weighted by Crippen LogP contribution is -2.21. The molecule has 0 fully saturated rings. The van der Waals surface area contributed by atoms with Crippen molar-refractivity contribution in [3.63, 3.8) is 0 Å². The minimum Gasteiger partial charge on any atom is -0.494 e. The van der Waals surface area contributed by atoms with Crippen LogP contribution in [0.2, 0.25) is 0 Å². The third-order valence-corrected chi connectivity index (χ3v) is 3.10. The Balaban J connectivity index is 1.77. The summed E-state index contributed by atoms with van der Waals surface area (Å²) in [5.41, 5.74) is 1.80. The number of carbonyl (C=O) groups is 1. The lowest BCUT2D eigenvalue weighted by Gasteiger charge is -2.14. The zero-order valence-corrected chi connectivity index (χ0v) is 11.9. The summed E-state index contributed by atoms with van der Waals surface area (Å²) in [6.45, 7) is 2.60. The SMILES string of the molecule is Cc1ccc(F)c(-c2cc(NC(=O)C3=COCCO3)n[nH]2)c1. The molecule has 0 saturated heterocycles. The molecule has 0 saturated carbocycles. The maximum atomic E-state index is 13.8. The number of H-pyrrole nitrogens is 1. The smallest absolute Gasteiger partial charge is 0.295 e. The van der Waals surface area contributed by atoms with Gasteiger partial charge in [-0.1, -0.05) is 11.6 Å². The molecular formula is C15H14FN3O3. The van der Waals surface area contributed by atoms with E-state index in [2.05, 4.69) is 15.5 Å². The number of carbonyl (C=O) groups excluding carboxylic acids is 1. The van der Waals surface area contributed by atoms with Gasteiger partial charge in [0.15, 0.2) is 5.82 Å². The van der Waals surface area contributed by atoms with Gasteiger partial charge in [-0.25, -0.2) is 4.39 Å². The van der Waals surface area contributed by atoms with Crippen LogP contribution in [-0.2, 0) is 14.3 Å². The molecule has 0 bridgehead atoms. The molecule has 114 valence electrons. The highest BCUT2D eigenvalue weighted by Crippen LogP contribution is 2.24. The van der Waals surface area contributed by atoms with Crippen LogP contribution in [-0.4, -0.2) is 29.3 Å². The molecule has 1 aromatic heterocycles. The number of hydrogen-bond acceptors (Lipinski definition) is 4. The predicted octanol–water partition coefficient (Wildman–Crippen LogP) is 2.35. The van der Waals surface area contributed by atoms with E-state index < -0.39 is 5.91 Å². The summed E-state index contributed by atoms with van der Waals surface area (Å²) in [7, 11) is 0. The molecule has 0 atom stereocenters. The van der Waals surface area contributed by atoms with Crippen LogP contribution in [0.4, 0.5) is 10.2 Å². The molecule has 1 aliphatic rings. The van der Waals surface area contributed by atoms with Crippen LogP contribution in [0.1, 0.15) is 5.56 Å². The Bertz CT molecular complexity index is 739. The number of nitrogens with one attached hydrogen (secondary N) is 2. The zero-order valence-electron chi connectivity index (χ0n) is 11.9. The second-order valence-electron chi connectivity index (χ2n) is 4.81. The van der Waals surface area contributed by atoms with E-state index in [0.29, 0.717) is 24.5 Å². The quantitative estimate of drug-likeness (QED) is 0.912. The van der Waals surface area contributed by atoms with Gasteiger partial charge in [0.2, 0.25) is 5.76 Å². The number of anilines is 1. The van der Waals surface area contributed by atoms with Gasteiger partial charge in [-0.05, 0) is 19.1 Å². The fourth-order valence-corrected chi connectivity index (χ4v) is 2.03. The van der Waals surface area contributed by atoms with Gasteiger partial charge in [-0.3, -0.25) is 9.89 Å². The number of aromatic nitrogens is 2. The fraction of sp³-hybridized carbons (Fsp3) is 0.200. The van der Waals surface area contributed by atoms with Crippen molar-refractivity contribution in [1.82, 2.24) is 10.2 Å². The van der Waals surface area contributed by atoms with Crippen LogP contribution in [0.5, 0.6) is 0 Å². The van der Waals surface area contributed by atoms with E-state index in [-0.39, 0.29) is 17.4 Å². The number of rotatable bonds is 3. The second-order valence-corrected chi connectivity index (χ2v) is 4.81. The summed E-state index contributed by atoms with van der Waals surface area (Å²) in [5.74, 6) is -0.477. The molecule has 2 heterocycles. The molecule has 1 aromatic carbocycles. The molecule has 1 aliphatic heterocycles. The summed E-state index contributed by atoms with van der Waals surface area (Å²) in [5, 5.41) is 9.21. The summed E-state index contributed by atoms with van der Waals surface area (Å²) < 4.78 is 24.0. The van der Waals surface area contributed by atoms with Gasteiger partial charge < -0.3 is 14.8 Å². The van der Waals surface area contributed by atoms with Crippen molar-refractivity contribution in [2.45, 2.75) is 6.92 Å². The molecule has 0 spiro atoms. The van der Waals surface area contributed by atoms with E-state index in [1.54, 1.807) is 18.2 Å². The lowest BCUT2D eigenvalue weighted by molar-refractivity contribution is -0.117. The van der Waals surface area contributed by atoms with Crippen molar-refractivity contribution in [2.75, 3.05) is 18.5 Å². The molecule has 6 nitrogen and oxygen atoms in total. The average molecular weight is 303 g/mol. The topological polar surface area (TPSA) is 76.2 Å². The zero-order chi connectivity index (χ0) is 15.5. The first-order valence-corrected chi connectivity index (χ1v) is 6.71. The van der Waals surface area contributed by atoms with E-state index in [0.717, 1.165) is 5.56 Å². The second kappa shape index (κ2) is 5.88. The summed E-state index contributed by atoms with van der Waals surface area (Å²) in [4.78, 5) is 11.9. The van der Waals surface area contributed by atoms with Gasteiger partial charge in [0.25, 0.3) is 5.91 Å². The Kier molecular flexibility index (Phi) is 3.78. The van der Waals surface area contributed by atoms with E-state index in [1.165, 1.54) is 12.3 Å². The molecular weight excluding hydrogens is 289 g/mol. The first-order valence-electron chi connectivity index (χ1n) is 6.71. The van der Waals surface area contributed by atoms with Crippen molar-refractivity contribution in [2.24, 2.45) is 0 Å². The monoisotopic (exact) mass is 303 g/mol. The van der Waals surface area contributed by atoms with Crippen LogP contribution in [0.15, 0.2) is 36.3 Å². The molecule has 2 N–H and O–H groups in total. The normalized spacial score (nSPS) is 13.8. The lowest BCUT2D eigenvalue weighted by atomic mass is 10.1. The number of benzene rings is 1. The van der Waals surface area contributed by atoms with Crippen molar-refractivity contribution in [3.05, 3.63) is 47.7 Å². The third kappa shape index (κ3) is 2.93. The maximum Gasteiger partial charge on any atom is 0.295 e. The van der Waals surface area contributed by atoms with Crippen molar-refractivity contribution in [3.8, 4) is 11.3 Å². The molecule has 22 heavy (non-hydrogen) atoms. The Morgan fingerprint density at radius 2 is 2.23 bits per heavy atom. The van der Waals surface area contributed by atoms with Crippen LogP contribution >= 0.6 is 0 Å². The van der Waals surface area contributed by atoms with E-state index in [1.807, 2.05) is 6.92 Å². The van der Waals surface area contributed by atoms with E-state index in [9.17, 15) is 9.18 Å². The van der Waals surface area contributed by atoms with E-state index in [4.69, 9.17) is 9.47 Å². The minimum atomic E-state index is -0.470. The van der Waals surface area contributed by atoms with Crippen molar-refractivity contribution < 1.29 is 18.7 Å². The van der Waals surface area contributed by atoms with Crippen LogP contribution < -0.4 is 5.32 Å². The highest BCUT2D eigenvalue weighted by Gasteiger charge is 2.17. The van der Waals surface area contributed by atoms with Gasteiger partial charge in [0, 0.05) is 11.6 Å². The van der Waals surface area contributed by atoms with Gasteiger partial charge >= 0.3 is 0 Å². The number of ether oxygens (including phenoxy) is 2. The number of aryl methyl sites for hydroxylation is 1. The van der Waals surface area contributed by atoms with Crippen molar-refractivity contribution in [1.29, 1.82) is 0 Å². The number of nitrogens with zero attached hydrogens (tertiary/aromatic N) is 1. The van der Waals surface area contributed by atoms with Gasteiger partial charge in [-0.15, -0.1) is 0 Å². The van der Waals surface area contributed by atoms with E-state index >= 15 is 0 Å². The fourth-order valence-electron chi connectivity index (χ4n) is 2.03. The van der Waals surface area contributed by atoms with Crippen LogP contribution in [0.3, 0.4) is 0 Å². The molecule has 0 radical (unpaired) electrons. The largest absolute Gasteiger partial charge is 0.494 e. The van der Waals surface area contributed by atoms with Crippen LogP contribution in [0, 0.1) is 12.7 Å². The highest BCUT2D eigenvalue weighted by atomic mass is 19.1. The molecule has 7 heteroatoms. The molecule has 1 amide bonds. The Morgan fingerprint density at radius 3 is 3.00 bits per heavy atom. The molecule has 0 aliphatic carbocycles. The minimum absolute atomic E-state index is 0.0811. The average Bonchev–Trinajstić information content (AvgIpc) is 2.99. The Morgan fingerprint density at radius 1 is 1.36 bits per heavy atom. The number of halogens is 1. The summed E-state index contributed by atoms with van der Waals surface area (Å²) >= 11 is 0. The Hall–Kier alpha value is -2.83.